The maximum absolute atomic E-state index is 11.5. The molecule has 1 aromatic carbocycles. The van der Waals surface area contributed by atoms with Gasteiger partial charge in [0, 0.05) is 25.9 Å². The smallest absolute Gasteiger partial charge is 0.194 e. The zero-order chi connectivity index (χ0) is 16.9. The molecule has 0 aromatic heterocycles. The van der Waals surface area contributed by atoms with Gasteiger partial charge in [-0.2, -0.15) is 0 Å². The predicted molar refractivity (Wildman–Crippen MR) is 94.3 cm³/mol. The Morgan fingerprint density at radius 3 is 2.61 bits per heavy atom. The molecule has 0 radical (unpaired) electrons. The fourth-order valence-electron chi connectivity index (χ4n) is 2.82. The number of hydrogen-bond acceptors (Lipinski definition) is 3. The van der Waals surface area contributed by atoms with E-state index in [1.165, 1.54) is 19.1 Å². The molecule has 1 aromatic rings. The van der Waals surface area contributed by atoms with Crippen LogP contribution in [0.3, 0.4) is 0 Å². The molecule has 0 spiro atoms. The summed E-state index contributed by atoms with van der Waals surface area (Å²) < 4.78 is 23.0. The van der Waals surface area contributed by atoms with Gasteiger partial charge in [-0.1, -0.05) is 19.1 Å². The Balaban J connectivity index is 2.08. The van der Waals surface area contributed by atoms with Gasteiger partial charge in [-0.15, -0.1) is 0 Å². The molecular formula is C17H27N3O2S. The SMILES string of the molecule is CCNC(=NCc1ccc(S(C)(=O)=O)cc1)N1CCCC(C)C1. The highest BCUT2D eigenvalue weighted by atomic mass is 32.2. The van der Waals surface area contributed by atoms with Crippen molar-refractivity contribution < 1.29 is 8.42 Å². The average molecular weight is 337 g/mol. The van der Waals surface area contributed by atoms with E-state index in [9.17, 15) is 8.42 Å². The molecule has 6 heteroatoms. The number of rotatable bonds is 4. The molecule has 1 saturated heterocycles. The van der Waals surface area contributed by atoms with Gasteiger partial charge in [0.2, 0.25) is 0 Å². The van der Waals surface area contributed by atoms with Crippen LogP contribution in [0.4, 0.5) is 0 Å². The van der Waals surface area contributed by atoms with Crippen LogP contribution in [-0.2, 0) is 16.4 Å². The largest absolute Gasteiger partial charge is 0.357 e. The van der Waals surface area contributed by atoms with E-state index in [1.807, 2.05) is 12.1 Å². The summed E-state index contributed by atoms with van der Waals surface area (Å²) in [7, 11) is -3.14. The summed E-state index contributed by atoms with van der Waals surface area (Å²) >= 11 is 0. The first-order valence-corrected chi connectivity index (χ1v) is 10.1. The zero-order valence-electron chi connectivity index (χ0n) is 14.2. The summed E-state index contributed by atoms with van der Waals surface area (Å²) in [5.41, 5.74) is 1.01. The maximum Gasteiger partial charge on any atom is 0.194 e. The van der Waals surface area contributed by atoms with Crippen LogP contribution in [0, 0.1) is 5.92 Å². The summed E-state index contributed by atoms with van der Waals surface area (Å²) in [4.78, 5) is 7.39. The average Bonchev–Trinajstić information content (AvgIpc) is 2.51. The maximum atomic E-state index is 11.5. The van der Waals surface area contributed by atoms with Gasteiger partial charge in [0.1, 0.15) is 0 Å². The molecule has 2 rings (SSSR count). The molecule has 1 N–H and O–H groups in total. The fourth-order valence-corrected chi connectivity index (χ4v) is 3.45. The van der Waals surface area contributed by atoms with Crippen LogP contribution in [0.15, 0.2) is 34.2 Å². The van der Waals surface area contributed by atoms with Crippen molar-refractivity contribution in [3.05, 3.63) is 29.8 Å². The van der Waals surface area contributed by atoms with Gasteiger partial charge >= 0.3 is 0 Å². The molecule has 0 aliphatic carbocycles. The number of nitrogens with zero attached hydrogens (tertiary/aromatic N) is 2. The Hall–Kier alpha value is -1.56. The van der Waals surface area contributed by atoms with Crippen molar-refractivity contribution in [2.75, 3.05) is 25.9 Å². The zero-order valence-corrected chi connectivity index (χ0v) is 15.1. The highest BCUT2D eigenvalue weighted by molar-refractivity contribution is 7.90. The minimum absolute atomic E-state index is 0.349. The van der Waals surface area contributed by atoms with E-state index < -0.39 is 9.84 Å². The first-order chi connectivity index (χ1) is 10.9. The number of aliphatic imine (C=N–C) groups is 1. The molecule has 5 nitrogen and oxygen atoms in total. The van der Waals surface area contributed by atoms with E-state index in [2.05, 4.69) is 24.1 Å². The number of sulfone groups is 1. The molecule has 23 heavy (non-hydrogen) atoms. The van der Waals surface area contributed by atoms with E-state index >= 15 is 0 Å². The quantitative estimate of drug-likeness (QED) is 0.676. The second kappa shape index (κ2) is 7.81. The van der Waals surface area contributed by atoms with Crippen LogP contribution < -0.4 is 5.32 Å². The molecule has 1 aliphatic heterocycles. The first-order valence-electron chi connectivity index (χ1n) is 8.22. The van der Waals surface area contributed by atoms with E-state index in [0.717, 1.165) is 31.2 Å². The van der Waals surface area contributed by atoms with Crippen molar-refractivity contribution in [2.45, 2.75) is 38.1 Å². The molecule has 1 atom stereocenters. The number of hydrogen-bond donors (Lipinski definition) is 1. The third-order valence-electron chi connectivity index (χ3n) is 4.05. The first kappa shape index (κ1) is 17.8. The molecule has 1 unspecified atom stereocenters. The number of piperidine rings is 1. The minimum Gasteiger partial charge on any atom is -0.357 e. The molecule has 1 heterocycles. The Labute approximate surface area is 139 Å². The van der Waals surface area contributed by atoms with Gasteiger partial charge < -0.3 is 10.2 Å². The van der Waals surface area contributed by atoms with Crippen molar-refractivity contribution in [3.8, 4) is 0 Å². The standard InChI is InChI=1S/C17H27N3O2S/c1-4-18-17(20-11-5-6-14(2)13-20)19-12-15-7-9-16(10-8-15)23(3,21)22/h7-10,14H,4-6,11-13H2,1-3H3,(H,18,19). The minimum atomic E-state index is -3.14. The van der Waals surface area contributed by atoms with Crippen molar-refractivity contribution in [2.24, 2.45) is 10.9 Å². The summed E-state index contributed by atoms with van der Waals surface area (Å²) in [5.74, 6) is 1.65. The Morgan fingerprint density at radius 2 is 2.04 bits per heavy atom. The molecular weight excluding hydrogens is 310 g/mol. The van der Waals surface area contributed by atoms with E-state index in [-0.39, 0.29) is 0 Å². The van der Waals surface area contributed by atoms with E-state index in [4.69, 9.17) is 4.99 Å². The lowest BCUT2D eigenvalue weighted by atomic mass is 10.0. The lowest BCUT2D eigenvalue weighted by Gasteiger charge is -2.33. The normalized spacial score (nSPS) is 19.7. The van der Waals surface area contributed by atoms with E-state index in [0.29, 0.717) is 17.4 Å². The summed E-state index contributed by atoms with van der Waals surface area (Å²) in [6.07, 6.45) is 3.71. The number of guanidine groups is 1. The predicted octanol–water partition coefficient (Wildman–Crippen LogP) is 2.29. The Bertz CT molecular complexity index is 638. The van der Waals surface area contributed by atoms with Gasteiger partial charge in [-0.25, -0.2) is 13.4 Å². The fraction of sp³-hybridized carbons (Fsp3) is 0.588. The Kier molecular flexibility index (Phi) is 6.04. The van der Waals surface area contributed by atoms with Crippen molar-refractivity contribution in [1.29, 1.82) is 0 Å². The Morgan fingerprint density at radius 1 is 1.35 bits per heavy atom. The highest BCUT2D eigenvalue weighted by Crippen LogP contribution is 2.16. The van der Waals surface area contributed by atoms with Crippen LogP contribution in [0.25, 0.3) is 0 Å². The van der Waals surface area contributed by atoms with Crippen LogP contribution in [-0.4, -0.2) is 45.2 Å². The number of nitrogens with one attached hydrogen (secondary N) is 1. The topological polar surface area (TPSA) is 61.8 Å². The van der Waals surface area contributed by atoms with Crippen molar-refractivity contribution >= 4 is 15.8 Å². The molecule has 0 bridgehead atoms. The van der Waals surface area contributed by atoms with Crippen LogP contribution in [0.2, 0.25) is 0 Å². The molecule has 1 aliphatic rings. The summed E-state index contributed by atoms with van der Waals surface area (Å²) in [6, 6.07) is 6.97. The highest BCUT2D eigenvalue weighted by Gasteiger charge is 2.19. The summed E-state index contributed by atoms with van der Waals surface area (Å²) in [6.45, 7) is 7.83. The van der Waals surface area contributed by atoms with Crippen LogP contribution in [0.1, 0.15) is 32.3 Å². The van der Waals surface area contributed by atoms with Crippen molar-refractivity contribution in [1.82, 2.24) is 10.2 Å². The monoisotopic (exact) mass is 337 g/mol. The van der Waals surface area contributed by atoms with Gasteiger partial charge in [0.25, 0.3) is 0 Å². The molecule has 0 amide bonds. The third-order valence-corrected chi connectivity index (χ3v) is 5.18. The number of likely N-dealkylation sites (tertiary alicyclic amines) is 1. The second-order valence-electron chi connectivity index (χ2n) is 6.28. The van der Waals surface area contributed by atoms with Gasteiger partial charge in [-0.3, -0.25) is 0 Å². The van der Waals surface area contributed by atoms with Gasteiger partial charge in [0.15, 0.2) is 15.8 Å². The lowest BCUT2D eigenvalue weighted by molar-refractivity contribution is 0.266. The number of benzene rings is 1. The molecule has 1 fully saturated rings. The van der Waals surface area contributed by atoms with Gasteiger partial charge in [-0.05, 0) is 43.4 Å². The second-order valence-corrected chi connectivity index (χ2v) is 8.30. The summed E-state index contributed by atoms with van der Waals surface area (Å²) in [5, 5.41) is 3.36. The molecule has 0 saturated carbocycles. The van der Waals surface area contributed by atoms with Crippen molar-refractivity contribution in [3.63, 3.8) is 0 Å². The molecule has 128 valence electrons. The van der Waals surface area contributed by atoms with E-state index in [1.54, 1.807) is 12.1 Å². The van der Waals surface area contributed by atoms with Crippen LogP contribution in [0.5, 0.6) is 0 Å². The van der Waals surface area contributed by atoms with Crippen LogP contribution >= 0.6 is 0 Å². The lowest BCUT2D eigenvalue weighted by Crippen LogP contribution is -2.46. The third kappa shape index (κ3) is 5.23. The van der Waals surface area contributed by atoms with Gasteiger partial charge in [0.05, 0.1) is 11.4 Å².